The lowest BCUT2D eigenvalue weighted by Crippen LogP contribution is -2.13. The molecule has 2 N–H and O–H groups in total. The third-order valence-electron chi connectivity index (χ3n) is 3.48. The summed E-state index contributed by atoms with van der Waals surface area (Å²) in [5.74, 6) is 0.194. The minimum absolute atomic E-state index is 0.252. The van der Waals surface area contributed by atoms with Crippen molar-refractivity contribution in [2.24, 2.45) is 0 Å². The number of pyridine rings is 1. The maximum Gasteiger partial charge on any atom is 0.258 e. The first kappa shape index (κ1) is 17.0. The van der Waals surface area contributed by atoms with Gasteiger partial charge in [-0.2, -0.15) is 0 Å². The molecule has 0 saturated carbocycles. The van der Waals surface area contributed by atoms with Crippen molar-refractivity contribution in [3.05, 3.63) is 76.3 Å². The van der Waals surface area contributed by atoms with Crippen LogP contribution in [0.3, 0.4) is 0 Å². The Morgan fingerprint density at radius 3 is 2.60 bits per heavy atom. The molecule has 0 fully saturated rings. The molecule has 2 heterocycles. The Morgan fingerprint density at radius 1 is 1.12 bits per heavy atom. The van der Waals surface area contributed by atoms with Crippen LogP contribution in [-0.2, 0) is 6.54 Å². The first-order chi connectivity index (χ1) is 12.1. The molecule has 7 heteroatoms. The van der Waals surface area contributed by atoms with Gasteiger partial charge >= 0.3 is 0 Å². The standard InChI is InChI=1S/C18H16BrN5O/c1-12-8-14(5-6-16(12)19)24-17(25)13-9-21-18(22-10-13)23-11-15-4-2-3-7-20-15/h2-10H,11H2,1H3,(H,24,25)(H,21,22,23). The number of aromatic nitrogens is 3. The van der Waals surface area contributed by atoms with E-state index in [9.17, 15) is 4.79 Å². The first-order valence-corrected chi connectivity index (χ1v) is 8.44. The van der Waals surface area contributed by atoms with Crippen molar-refractivity contribution in [3.8, 4) is 0 Å². The largest absolute Gasteiger partial charge is 0.349 e. The highest BCUT2D eigenvalue weighted by Gasteiger charge is 2.08. The second-order valence-electron chi connectivity index (χ2n) is 5.39. The van der Waals surface area contributed by atoms with Crippen LogP contribution >= 0.6 is 15.9 Å². The second-order valence-corrected chi connectivity index (χ2v) is 6.24. The van der Waals surface area contributed by atoms with Gasteiger partial charge < -0.3 is 10.6 Å². The number of aryl methyl sites for hydroxylation is 1. The van der Waals surface area contributed by atoms with Gasteiger partial charge in [0.05, 0.1) is 17.8 Å². The molecule has 0 aliphatic heterocycles. The molecule has 3 rings (SSSR count). The van der Waals surface area contributed by atoms with Crippen molar-refractivity contribution in [1.29, 1.82) is 0 Å². The summed E-state index contributed by atoms with van der Waals surface area (Å²) in [6.45, 7) is 2.48. The lowest BCUT2D eigenvalue weighted by Gasteiger charge is -2.08. The number of amides is 1. The molecule has 0 spiro atoms. The molecule has 2 aromatic heterocycles. The molecule has 1 aromatic carbocycles. The number of halogens is 1. The maximum absolute atomic E-state index is 12.3. The number of anilines is 2. The number of nitrogens with zero attached hydrogens (tertiary/aromatic N) is 3. The van der Waals surface area contributed by atoms with Gasteiger partial charge in [0.1, 0.15) is 0 Å². The number of carbonyl (C=O) groups is 1. The quantitative estimate of drug-likeness (QED) is 0.684. The highest BCUT2D eigenvalue weighted by molar-refractivity contribution is 9.10. The molecule has 0 saturated heterocycles. The summed E-state index contributed by atoms with van der Waals surface area (Å²) < 4.78 is 0.997. The van der Waals surface area contributed by atoms with E-state index in [4.69, 9.17) is 0 Å². The topological polar surface area (TPSA) is 79.8 Å². The van der Waals surface area contributed by atoms with E-state index >= 15 is 0 Å². The zero-order valence-electron chi connectivity index (χ0n) is 13.5. The molecular weight excluding hydrogens is 382 g/mol. The second kappa shape index (κ2) is 7.85. The SMILES string of the molecule is Cc1cc(NC(=O)c2cnc(NCc3ccccn3)nc2)ccc1Br. The first-order valence-electron chi connectivity index (χ1n) is 7.65. The summed E-state index contributed by atoms with van der Waals surface area (Å²) >= 11 is 3.44. The van der Waals surface area contributed by atoms with Crippen LogP contribution in [0.4, 0.5) is 11.6 Å². The van der Waals surface area contributed by atoms with E-state index in [2.05, 4.69) is 41.5 Å². The molecule has 126 valence electrons. The molecule has 0 aliphatic carbocycles. The Hall–Kier alpha value is -2.80. The number of carbonyl (C=O) groups excluding carboxylic acids is 1. The molecule has 3 aromatic rings. The lowest BCUT2D eigenvalue weighted by atomic mass is 10.2. The van der Waals surface area contributed by atoms with Crippen LogP contribution in [0, 0.1) is 6.92 Å². The summed E-state index contributed by atoms with van der Waals surface area (Å²) in [7, 11) is 0. The van der Waals surface area contributed by atoms with E-state index in [1.807, 2.05) is 43.3 Å². The van der Waals surface area contributed by atoms with Crippen LogP contribution in [0.25, 0.3) is 0 Å². The van der Waals surface area contributed by atoms with Gasteiger partial charge in [-0.05, 0) is 42.8 Å². The van der Waals surface area contributed by atoms with Crippen molar-refractivity contribution < 1.29 is 4.79 Å². The third-order valence-corrected chi connectivity index (χ3v) is 4.37. The van der Waals surface area contributed by atoms with E-state index < -0.39 is 0 Å². The molecule has 0 radical (unpaired) electrons. The molecular formula is C18H16BrN5O. The predicted molar refractivity (Wildman–Crippen MR) is 100 cm³/mol. The molecule has 6 nitrogen and oxygen atoms in total. The number of hydrogen-bond donors (Lipinski definition) is 2. The van der Waals surface area contributed by atoms with Crippen LogP contribution in [0.1, 0.15) is 21.6 Å². The van der Waals surface area contributed by atoms with Crippen molar-refractivity contribution in [3.63, 3.8) is 0 Å². The smallest absolute Gasteiger partial charge is 0.258 e. The third kappa shape index (κ3) is 4.60. The highest BCUT2D eigenvalue weighted by Crippen LogP contribution is 2.20. The Labute approximate surface area is 153 Å². The normalized spacial score (nSPS) is 10.3. The molecule has 0 atom stereocenters. The Balaban J connectivity index is 1.61. The zero-order valence-corrected chi connectivity index (χ0v) is 15.1. The van der Waals surface area contributed by atoms with Crippen molar-refractivity contribution >= 4 is 33.5 Å². The molecule has 25 heavy (non-hydrogen) atoms. The molecule has 1 amide bonds. The fraction of sp³-hybridized carbons (Fsp3) is 0.111. The van der Waals surface area contributed by atoms with E-state index in [0.717, 1.165) is 21.4 Å². The van der Waals surface area contributed by atoms with Gasteiger partial charge in [-0.25, -0.2) is 9.97 Å². The molecule has 0 aliphatic rings. The summed E-state index contributed by atoms with van der Waals surface area (Å²) in [5, 5.41) is 5.90. The van der Waals surface area contributed by atoms with Gasteiger partial charge in [-0.3, -0.25) is 9.78 Å². The fourth-order valence-corrected chi connectivity index (χ4v) is 2.38. The Morgan fingerprint density at radius 2 is 1.92 bits per heavy atom. The number of benzene rings is 1. The van der Waals surface area contributed by atoms with E-state index in [1.54, 1.807) is 6.20 Å². The molecule has 0 bridgehead atoms. The number of nitrogens with one attached hydrogen (secondary N) is 2. The van der Waals surface area contributed by atoms with Crippen LogP contribution in [-0.4, -0.2) is 20.9 Å². The van der Waals surface area contributed by atoms with Gasteiger partial charge in [0, 0.05) is 28.8 Å². The molecule has 0 unspecified atom stereocenters. The Kier molecular flexibility index (Phi) is 5.35. The minimum atomic E-state index is -0.252. The average molecular weight is 398 g/mol. The van der Waals surface area contributed by atoms with Crippen LogP contribution in [0.15, 0.2) is 59.5 Å². The van der Waals surface area contributed by atoms with Gasteiger partial charge in [-0.1, -0.05) is 22.0 Å². The van der Waals surface area contributed by atoms with Crippen LogP contribution < -0.4 is 10.6 Å². The number of rotatable bonds is 5. The van der Waals surface area contributed by atoms with Crippen molar-refractivity contribution in [1.82, 2.24) is 15.0 Å². The van der Waals surface area contributed by atoms with E-state index in [1.165, 1.54) is 12.4 Å². The summed E-state index contributed by atoms with van der Waals surface area (Å²) in [6.07, 6.45) is 4.72. The summed E-state index contributed by atoms with van der Waals surface area (Å²) in [4.78, 5) is 24.8. The highest BCUT2D eigenvalue weighted by atomic mass is 79.9. The van der Waals surface area contributed by atoms with Gasteiger partial charge in [0.2, 0.25) is 5.95 Å². The summed E-state index contributed by atoms with van der Waals surface area (Å²) in [5.41, 5.74) is 3.05. The monoisotopic (exact) mass is 397 g/mol. The van der Waals surface area contributed by atoms with Gasteiger partial charge in [-0.15, -0.1) is 0 Å². The zero-order chi connectivity index (χ0) is 17.6. The van der Waals surface area contributed by atoms with E-state index in [0.29, 0.717) is 18.1 Å². The van der Waals surface area contributed by atoms with Gasteiger partial charge in [0.15, 0.2) is 0 Å². The summed E-state index contributed by atoms with van der Waals surface area (Å²) in [6, 6.07) is 11.3. The van der Waals surface area contributed by atoms with E-state index in [-0.39, 0.29) is 5.91 Å². The van der Waals surface area contributed by atoms with Gasteiger partial charge in [0.25, 0.3) is 5.91 Å². The fourth-order valence-electron chi connectivity index (χ4n) is 2.13. The Bertz CT molecular complexity index is 868. The maximum atomic E-state index is 12.3. The minimum Gasteiger partial charge on any atom is -0.349 e. The van der Waals surface area contributed by atoms with Crippen molar-refractivity contribution in [2.75, 3.05) is 10.6 Å². The average Bonchev–Trinajstić information content (AvgIpc) is 2.64. The number of hydrogen-bond acceptors (Lipinski definition) is 5. The lowest BCUT2D eigenvalue weighted by molar-refractivity contribution is 0.102. The van der Waals surface area contributed by atoms with Crippen molar-refractivity contribution in [2.45, 2.75) is 13.5 Å². The van der Waals surface area contributed by atoms with Crippen LogP contribution in [0.2, 0.25) is 0 Å². The van der Waals surface area contributed by atoms with Crippen LogP contribution in [0.5, 0.6) is 0 Å². The predicted octanol–water partition coefficient (Wildman–Crippen LogP) is 3.81.